The fraction of sp³-hybridized carbons (Fsp3) is 0. The van der Waals surface area contributed by atoms with E-state index in [-0.39, 0.29) is 5.56 Å². The zero-order valence-electron chi connectivity index (χ0n) is 9.08. The number of benzene rings is 2. The molecule has 0 aromatic heterocycles. The highest BCUT2D eigenvalue weighted by Crippen LogP contribution is 2.22. The SMILES string of the molecule is O=C(Nc1ccccc1Br)c1cccc(F)c1F. The third-order valence-electron chi connectivity index (χ3n) is 2.32. The summed E-state index contributed by atoms with van der Waals surface area (Å²) in [5, 5.41) is 2.50. The molecule has 0 heterocycles. The van der Waals surface area contributed by atoms with Crippen LogP contribution in [-0.2, 0) is 0 Å². The number of carbonyl (C=O) groups excluding carboxylic acids is 1. The van der Waals surface area contributed by atoms with Crippen molar-refractivity contribution in [2.24, 2.45) is 0 Å². The number of para-hydroxylation sites is 1. The first-order valence-electron chi connectivity index (χ1n) is 5.09. The first kappa shape index (κ1) is 12.7. The monoisotopic (exact) mass is 311 g/mol. The highest BCUT2D eigenvalue weighted by molar-refractivity contribution is 9.10. The van der Waals surface area contributed by atoms with Crippen LogP contribution in [0.3, 0.4) is 0 Å². The maximum Gasteiger partial charge on any atom is 0.258 e. The zero-order valence-corrected chi connectivity index (χ0v) is 10.7. The summed E-state index contributed by atoms with van der Waals surface area (Å²) in [4.78, 5) is 11.8. The van der Waals surface area contributed by atoms with E-state index < -0.39 is 17.5 Å². The lowest BCUT2D eigenvalue weighted by molar-refractivity contribution is 0.102. The Morgan fingerprint density at radius 2 is 1.78 bits per heavy atom. The quantitative estimate of drug-likeness (QED) is 0.893. The first-order chi connectivity index (χ1) is 8.59. The first-order valence-corrected chi connectivity index (χ1v) is 5.89. The number of nitrogens with one attached hydrogen (secondary N) is 1. The maximum absolute atomic E-state index is 13.4. The summed E-state index contributed by atoms with van der Waals surface area (Å²) in [5.74, 6) is -2.89. The van der Waals surface area contributed by atoms with Gasteiger partial charge in [0.2, 0.25) is 0 Å². The largest absolute Gasteiger partial charge is 0.321 e. The third-order valence-corrected chi connectivity index (χ3v) is 3.01. The van der Waals surface area contributed by atoms with Gasteiger partial charge in [-0.1, -0.05) is 18.2 Å². The van der Waals surface area contributed by atoms with Crippen molar-refractivity contribution in [2.45, 2.75) is 0 Å². The Balaban J connectivity index is 2.28. The molecular formula is C13H8BrF2NO. The lowest BCUT2D eigenvalue weighted by Gasteiger charge is -2.07. The van der Waals surface area contributed by atoms with Gasteiger partial charge in [0.05, 0.1) is 11.3 Å². The van der Waals surface area contributed by atoms with Crippen molar-refractivity contribution in [3.8, 4) is 0 Å². The van der Waals surface area contributed by atoms with E-state index in [0.29, 0.717) is 10.2 Å². The Hall–Kier alpha value is -1.75. The van der Waals surface area contributed by atoms with E-state index in [9.17, 15) is 13.6 Å². The van der Waals surface area contributed by atoms with Crippen molar-refractivity contribution < 1.29 is 13.6 Å². The van der Waals surface area contributed by atoms with Crippen LogP contribution < -0.4 is 5.32 Å². The molecule has 0 spiro atoms. The molecule has 0 aliphatic rings. The molecule has 0 atom stereocenters. The van der Waals surface area contributed by atoms with Gasteiger partial charge < -0.3 is 5.32 Å². The average Bonchev–Trinajstić information content (AvgIpc) is 2.35. The number of amides is 1. The topological polar surface area (TPSA) is 29.1 Å². The highest BCUT2D eigenvalue weighted by atomic mass is 79.9. The minimum absolute atomic E-state index is 0.328. The van der Waals surface area contributed by atoms with Crippen LogP contribution in [0.2, 0.25) is 0 Å². The molecule has 2 rings (SSSR count). The normalized spacial score (nSPS) is 10.2. The van der Waals surface area contributed by atoms with Crippen LogP contribution in [-0.4, -0.2) is 5.91 Å². The van der Waals surface area contributed by atoms with Gasteiger partial charge in [-0.2, -0.15) is 0 Å². The molecule has 1 N–H and O–H groups in total. The van der Waals surface area contributed by atoms with E-state index in [2.05, 4.69) is 21.2 Å². The molecule has 0 unspecified atom stereocenters. The summed E-state index contributed by atoms with van der Waals surface area (Å²) in [6, 6.07) is 10.4. The molecule has 0 saturated carbocycles. The molecule has 0 aliphatic carbocycles. The second-order valence-electron chi connectivity index (χ2n) is 3.54. The molecule has 2 aromatic rings. The van der Waals surface area contributed by atoms with Crippen molar-refractivity contribution in [1.29, 1.82) is 0 Å². The van der Waals surface area contributed by atoms with Gasteiger partial charge in [0.25, 0.3) is 5.91 Å². The van der Waals surface area contributed by atoms with E-state index in [1.165, 1.54) is 12.1 Å². The van der Waals surface area contributed by atoms with Gasteiger partial charge in [-0.15, -0.1) is 0 Å². The van der Waals surface area contributed by atoms with Crippen LogP contribution in [0.5, 0.6) is 0 Å². The molecule has 92 valence electrons. The number of hydrogen-bond acceptors (Lipinski definition) is 1. The second-order valence-corrected chi connectivity index (χ2v) is 4.39. The number of anilines is 1. The molecule has 0 saturated heterocycles. The summed E-state index contributed by atoms with van der Waals surface area (Å²) >= 11 is 3.25. The average molecular weight is 312 g/mol. The summed E-state index contributed by atoms with van der Waals surface area (Å²) in [5.41, 5.74) is 0.164. The minimum atomic E-state index is -1.15. The third kappa shape index (κ3) is 2.56. The summed E-state index contributed by atoms with van der Waals surface area (Å²) < 4.78 is 27.1. The Morgan fingerprint density at radius 3 is 2.50 bits per heavy atom. The summed E-state index contributed by atoms with van der Waals surface area (Å²) in [6.45, 7) is 0. The maximum atomic E-state index is 13.4. The van der Waals surface area contributed by atoms with E-state index in [4.69, 9.17) is 0 Å². The van der Waals surface area contributed by atoms with E-state index in [1.54, 1.807) is 24.3 Å². The van der Waals surface area contributed by atoms with Crippen LogP contribution in [0.15, 0.2) is 46.9 Å². The van der Waals surface area contributed by atoms with Gasteiger partial charge in [-0.05, 0) is 40.2 Å². The van der Waals surface area contributed by atoms with Gasteiger partial charge in [-0.25, -0.2) is 8.78 Å². The lowest BCUT2D eigenvalue weighted by atomic mass is 10.2. The van der Waals surface area contributed by atoms with Crippen molar-refractivity contribution in [3.63, 3.8) is 0 Å². The van der Waals surface area contributed by atoms with Crippen LogP contribution in [0.1, 0.15) is 10.4 Å². The fourth-order valence-corrected chi connectivity index (χ4v) is 1.82. The van der Waals surface area contributed by atoms with Gasteiger partial charge in [0, 0.05) is 4.47 Å². The molecule has 2 nitrogen and oxygen atoms in total. The Morgan fingerprint density at radius 1 is 1.06 bits per heavy atom. The molecule has 0 fully saturated rings. The highest BCUT2D eigenvalue weighted by Gasteiger charge is 2.15. The van der Waals surface area contributed by atoms with E-state index in [0.717, 1.165) is 6.07 Å². The standard InChI is InChI=1S/C13H8BrF2NO/c14-9-5-1-2-7-11(9)17-13(18)8-4-3-6-10(15)12(8)16/h1-7H,(H,17,18). The fourth-order valence-electron chi connectivity index (χ4n) is 1.43. The number of hydrogen-bond donors (Lipinski definition) is 1. The second kappa shape index (κ2) is 5.27. The van der Waals surface area contributed by atoms with E-state index >= 15 is 0 Å². The Kier molecular flexibility index (Phi) is 3.72. The van der Waals surface area contributed by atoms with Gasteiger partial charge in [0.15, 0.2) is 11.6 Å². The van der Waals surface area contributed by atoms with Crippen molar-refractivity contribution in [1.82, 2.24) is 0 Å². The number of carbonyl (C=O) groups is 1. The molecule has 18 heavy (non-hydrogen) atoms. The molecule has 1 amide bonds. The van der Waals surface area contributed by atoms with E-state index in [1.807, 2.05) is 0 Å². The van der Waals surface area contributed by atoms with Crippen molar-refractivity contribution in [3.05, 3.63) is 64.1 Å². The summed E-state index contributed by atoms with van der Waals surface area (Å²) in [6.07, 6.45) is 0. The predicted octanol–water partition coefficient (Wildman–Crippen LogP) is 3.98. The Bertz CT molecular complexity index is 601. The minimum Gasteiger partial charge on any atom is -0.321 e. The lowest BCUT2D eigenvalue weighted by Crippen LogP contribution is -2.14. The molecule has 2 aromatic carbocycles. The molecular weight excluding hydrogens is 304 g/mol. The van der Waals surface area contributed by atoms with Gasteiger partial charge in [-0.3, -0.25) is 4.79 Å². The summed E-state index contributed by atoms with van der Waals surface area (Å²) in [7, 11) is 0. The number of rotatable bonds is 2. The van der Waals surface area contributed by atoms with Crippen molar-refractivity contribution >= 4 is 27.5 Å². The smallest absolute Gasteiger partial charge is 0.258 e. The molecule has 0 radical (unpaired) electrons. The van der Waals surface area contributed by atoms with Gasteiger partial charge >= 0.3 is 0 Å². The molecule has 5 heteroatoms. The molecule has 0 aliphatic heterocycles. The molecule has 0 bridgehead atoms. The Labute approximate surface area is 111 Å². The zero-order chi connectivity index (χ0) is 13.1. The predicted molar refractivity (Wildman–Crippen MR) is 68.5 cm³/mol. The van der Waals surface area contributed by atoms with Crippen LogP contribution >= 0.6 is 15.9 Å². The van der Waals surface area contributed by atoms with Crippen LogP contribution in [0.4, 0.5) is 14.5 Å². The van der Waals surface area contributed by atoms with Crippen molar-refractivity contribution in [2.75, 3.05) is 5.32 Å². The number of halogens is 3. The van der Waals surface area contributed by atoms with Gasteiger partial charge in [0.1, 0.15) is 0 Å². The van der Waals surface area contributed by atoms with Crippen LogP contribution in [0.25, 0.3) is 0 Å². The van der Waals surface area contributed by atoms with Crippen LogP contribution in [0, 0.1) is 11.6 Å².